The Morgan fingerprint density at radius 3 is 2.21 bits per heavy atom. The van der Waals surface area contributed by atoms with Crippen LogP contribution in [0.4, 0.5) is 36.4 Å². The van der Waals surface area contributed by atoms with Gasteiger partial charge in [-0.1, -0.05) is 12.1 Å². The molecule has 0 spiro atoms. The van der Waals surface area contributed by atoms with Crippen LogP contribution in [0.15, 0.2) is 47.4 Å². The first-order valence-corrected chi connectivity index (χ1v) is 11.4. The Balaban J connectivity index is 1.89. The van der Waals surface area contributed by atoms with Gasteiger partial charge in [-0.25, -0.2) is 12.8 Å². The molecule has 5 nitrogen and oxygen atoms in total. The first kappa shape index (κ1) is 26.2. The van der Waals surface area contributed by atoms with Crippen LogP contribution in [0, 0.1) is 5.82 Å². The molecule has 1 aliphatic rings. The van der Waals surface area contributed by atoms with Crippen molar-refractivity contribution in [1.29, 1.82) is 0 Å². The summed E-state index contributed by atoms with van der Waals surface area (Å²) in [5.74, 6) is -1.07. The second-order valence-electron chi connectivity index (χ2n) is 8.17. The third-order valence-electron chi connectivity index (χ3n) is 5.73. The summed E-state index contributed by atoms with van der Waals surface area (Å²) in [5.41, 5.74) is -5.47. The van der Waals surface area contributed by atoms with Gasteiger partial charge in [0, 0.05) is 31.4 Å². The van der Waals surface area contributed by atoms with Gasteiger partial charge in [-0.05, 0) is 49.7 Å². The van der Waals surface area contributed by atoms with Crippen LogP contribution in [0.3, 0.4) is 0 Å². The summed E-state index contributed by atoms with van der Waals surface area (Å²) in [7, 11) is -4.34. The van der Waals surface area contributed by atoms with Crippen molar-refractivity contribution in [3.63, 3.8) is 0 Å². The van der Waals surface area contributed by atoms with Crippen molar-refractivity contribution < 1.29 is 44.3 Å². The van der Waals surface area contributed by atoms with E-state index >= 15 is 0 Å². The minimum absolute atomic E-state index is 0.168. The Morgan fingerprint density at radius 1 is 1.00 bits per heavy atom. The summed E-state index contributed by atoms with van der Waals surface area (Å²) in [6.07, 6.45) is -9.89. The Kier molecular flexibility index (Phi) is 6.70. The lowest BCUT2D eigenvalue weighted by molar-refractivity contribution is -0.258. The molecule has 2 aromatic rings. The molecular formula is C21H21F7N2O3S. The second-order valence-corrected chi connectivity index (χ2v) is 10.1. The van der Waals surface area contributed by atoms with Crippen molar-refractivity contribution in [2.24, 2.45) is 0 Å². The third-order valence-corrected chi connectivity index (χ3v) is 7.74. The van der Waals surface area contributed by atoms with Gasteiger partial charge >= 0.3 is 12.4 Å². The molecule has 0 amide bonds. The number of sulfonamides is 1. The summed E-state index contributed by atoms with van der Waals surface area (Å²) in [6.45, 7) is 1.33. The predicted molar refractivity (Wildman–Crippen MR) is 109 cm³/mol. The average molecular weight is 514 g/mol. The van der Waals surface area contributed by atoms with E-state index in [-0.39, 0.29) is 25.3 Å². The Labute approximate surface area is 191 Å². The van der Waals surface area contributed by atoms with E-state index in [9.17, 15) is 44.3 Å². The Bertz CT molecular complexity index is 1160. The minimum Gasteiger partial charge on any atom is -0.376 e. The molecule has 34 heavy (non-hydrogen) atoms. The third kappa shape index (κ3) is 4.86. The van der Waals surface area contributed by atoms with E-state index in [4.69, 9.17) is 0 Å². The fourth-order valence-corrected chi connectivity index (χ4v) is 5.45. The zero-order chi connectivity index (χ0) is 25.7. The first-order valence-electron chi connectivity index (χ1n) is 9.99. The van der Waals surface area contributed by atoms with Gasteiger partial charge in [0.25, 0.3) is 0 Å². The molecule has 13 heteroatoms. The normalized spacial score (nSPS) is 20.3. The molecule has 3 rings (SSSR count). The SMILES string of the molecule is C[C@@H]1CN(c2ccc(F)cc2C(F)(F)F)CCN1S(=O)(=O)c1cccc([C@@](C)(O)C(F)(F)F)c1. The maximum Gasteiger partial charge on any atom is 0.421 e. The highest BCUT2D eigenvalue weighted by Crippen LogP contribution is 2.40. The van der Waals surface area contributed by atoms with E-state index < -0.39 is 55.9 Å². The summed E-state index contributed by atoms with van der Waals surface area (Å²) >= 11 is 0. The maximum absolute atomic E-state index is 13.4. The van der Waals surface area contributed by atoms with Crippen LogP contribution in [0.25, 0.3) is 0 Å². The molecule has 0 saturated carbocycles. The molecule has 0 radical (unpaired) electrons. The van der Waals surface area contributed by atoms with Gasteiger partial charge in [0.2, 0.25) is 10.0 Å². The molecule has 0 bridgehead atoms. The van der Waals surface area contributed by atoms with Crippen molar-refractivity contribution in [2.45, 2.75) is 42.7 Å². The van der Waals surface area contributed by atoms with Crippen LogP contribution < -0.4 is 4.90 Å². The Hall–Kier alpha value is -2.38. The maximum atomic E-state index is 13.4. The lowest BCUT2D eigenvalue weighted by atomic mass is 9.96. The van der Waals surface area contributed by atoms with E-state index in [1.54, 1.807) is 0 Å². The summed E-state index contributed by atoms with van der Waals surface area (Å²) in [5, 5.41) is 9.89. The topological polar surface area (TPSA) is 60.9 Å². The second kappa shape index (κ2) is 8.68. The fraction of sp³-hybridized carbons (Fsp3) is 0.429. The molecule has 1 fully saturated rings. The van der Waals surface area contributed by atoms with Gasteiger partial charge in [0.1, 0.15) is 5.82 Å². The van der Waals surface area contributed by atoms with Crippen molar-refractivity contribution in [1.82, 2.24) is 4.31 Å². The number of benzene rings is 2. The molecule has 188 valence electrons. The van der Waals surface area contributed by atoms with Crippen LogP contribution in [-0.2, 0) is 21.8 Å². The lowest BCUT2D eigenvalue weighted by Gasteiger charge is -2.41. The fourth-order valence-electron chi connectivity index (χ4n) is 3.79. The number of hydrogen-bond donors (Lipinski definition) is 1. The number of alkyl halides is 6. The first-order chi connectivity index (χ1) is 15.5. The molecule has 2 aromatic carbocycles. The minimum atomic E-state index is -5.06. The van der Waals surface area contributed by atoms with Crippen LogP contribution in [0.2, 0.25) is 0 Å². The standard InChI is InChI=1S/C21H21F7N2O3S/c1-13-12-29(18-7-6-15(22)11-17(18)20(23,24)25)8-9-30(13)34(32,33)16-5-3-4-14(10-16)19(2,31)21(26,27)28/h3-7,10-11,13,31H,8-9,12H2,1-2H3/t13-,19-/m1/s1. The number of halogens is 7. The number of aliphatic hydroxyl groups is 1. The van der Waals surface area contributed by atoms with Crippen LogP contribution >= 0.6 is 0 Å². The van der Waals surface area contributed by atoms with E-state index in [1.807, 2.05) is 0 Å². The van der Waals surface area contributed by atoms with Crippen molar-refractivity contribution in [3.8, 4) is 0 Å². The highest BCUT2D eigenvalue weighted by molar-refractivity contribution is 7.89. The summed E-state index contributed by atoms with van der Waals surface area (Å²) in [4.78, 5) is 0.789. The molecule has 0 unspecified atom stereocenters. The van der Waals surface area contributed by atoms with E-state index in [1.165, 1.54) is 11.8 Å². The average Bonchev–Trinajstić information content (AvgIpc) is 2.72. The van der Waals surface area contributed by atoms with Gasteiger partial charge in [0.05, 0.1) is 10.5 Å². The van der Waals surface area contributed by atoms with Gasteiger partial charge in [-0.3, -0.25) is 0 Å². The monoisotopic (exact) mass is 514 g/mol. The van der Waals surface area contributed by atoms with Crippen LogP contribution in [0.5, 0.6) is 0 Å². The number of piperazine rings is 1. The lowest BCUT2D eigenvalue weighted by Crippen LogP contribution is -2.54. The molecular weight excluding hydrogens is 493 g/mol. The molecule has 1 aliphatic heterocycles. The molecule has 1 saturated heterocycles. The molecule has 0 aromatic heterocycles. The summed E-state index contributed by atoms with van der Waals surface area (Å²) < 4.78 is 120. The van der Waals surface area contributed by atoms with E-state index in [0.717, 1.165) is 40.7 Å². The van der Waals surface area contributed by atoms with Crippen molar-refractivity contribution in [3.05, 3.63) is 59.4 Å². The zero-order valence-electron chi connectivity index (χ0n) is 18.0. The van der Waals surface area contributed by atoms with Gasteiger partial charge < -0.3 is 10.0 Å². The number of nitrogens with zero attached hydrogens (tertiary/aromatic N) is 2. The quantitative estimate of drug-likeness (QED) is 0.610. The van der Waals surface area contributed by atoms with Crippen LogP contribution in [-0.4, -0.2) is 49.7 Å². The summed E-state index contributed by atoms with van der Waals surface area (Å²) in [6, 6.07) is 5.15. The number of anilines is 1. The van der Waals surface area contributed by atoms with Gasteiger partial charge in [-0.15, -0.1) is 0 Å². The Morgan fingerprint density at radius 2 is 1.65 bits per heavy atom. The molecule has 1 N–H and O–H groups in total. The van der Waals surface area contributed by atoms with Gasteiger partial charge in [-0.2, -0.15) is 30.6 Å². The van der Waals surface area contributed by atoms with E-state index in [2.05, 4.69) is 0 Å². The van der Waals surface area contributed by atoms with Crippen LogP contribution in [0.1, 0.15) is 25.0 Å². The van der Waals surface area contributed by atoms with Gasteiger partial charge in [0.15, 0.2) is 5.60 Å². The largest absolute Gasteiger partial charge is 0.421 e. The van der Waals surface area contributed by atoms with Crippen molar-refractivity contribution in [2.75, 3.05) is 24.5 Å². The number of rotatable bonds is 4. The highest BCUT2D eigenvalue weighted by Gasteiger charge is 2.51. The van der Waals surface area contributed by atoms with Crippen molar-refractivity contribution >= 4 is 15.7 Å². The number of hydrogen-bond acceptors (Lipinski definition) is 4. The smallest absolute Gasteiger partial charge is 0.376 e. The molecule has 0 aliphatic carbocycles. The van der Waals surface area contributed by atoms with E-state index in [0.29, 0.717) is 13.0 Å². The highest BCUT2D eigenvalue weighted by atomic mass is 32.2. The molecule has 2 atom stereocenters. The molecule has 1 heterocycles. The predicted octanol–water partition coefficient (Wildman–Crippen LogP) is 4.51. The zero-order valence-corrected chi connectivity index (χ0v) is 18.8.